The molecular weight excluding hydrogens is 458 g/mol. The van der Waals surface area contributed by atoms with Crippen molar-refractivity contribution < 1.29 is 14.3 Å². The van der Waals surface area contributed by atoms with Gasteiger partial charge in [0.25, 0.3) is 0 Å². The Balaban J connectivity index is 1.22. The first kappa shape index (κ1) is 23.5. The summed E-state index contributed by atoms with van der Waals surface area (Å²) in [5, 5.41) is 8.71. The molecule has 1 amide bonds. The zero-order valence-electron chi connectivity index (χ0n) is 20.5. The molecule has 1 aliphatic heterocycles. The van der Waals surface area contributed by atoms with Crippen molar-refractivity contribution in [2.24, 2.45) is 0 Å². The van der Waals surface area contributed by atoms with E-state index in [4.69, 9.17) is 9.47 Å². The highest BCUT2D eigenvalue weighted by atomic mass is 16.5. The van der Waals surface area contributed by atoms with E-state index in [0.717, 1.165) is 28.6 Å². The van der Waals surface area contributed by atoms with Crippen LogP contribution in [0.1, 0.15) is 18.9 Å². The number of carbonyl (C=O) groups is 1. The van der Waals surface area contributed by atoms with Crippen molar-refractivity contribution in [3.05, 3.63) is 60.4 Å². The van der Waals surface area contributed by atoms with Crippen LogP contribution in [0, 0.1) is 0 Å². The first-order valence-electron chi connectivity index (χ1n) is 12.1. The second-order valence-electron chi connectivity index (χ2n) is 8.51. The van der Waals surface area contributed by atoms with Crippen LogP contribution in [0.3, 0.4) is 0 Å². The molecular formula is C26H29N7O3. The summed E-state index contributed by atoms with van der Waals surface area (Å²) >= 11 is 0. The van der Waals surface area contributed by atoms with E-state index in [0.29, 0.717) is 56.8 Å². The molecule has 0 atom stereocenters. The van der Waals surface area contributed by atoms with Crippen molar-refractivity contribution in [3.8, 4) is 17.2 Å². The highest BCUT2D eigenvalue weighted by Crippen LogP contribution is 2.24. The fraction of sp³-hybridized carbons (Fsp3) is 0.346. The van der Waals surface area contributed by atoms with Crippen LogP contribution in [0.4, 0.5) is 5.82 Å². The molecule has 10 nitrogen and oxygen atoms in total. The summed E-state index contributed by atoms with van der Waals surface area (Å²) in [6, 6.07) is 15.5. The molecule has 186 valence electrons. The molecule has 1 fully saturated rings. The van der Waals surface area contributed by atoms with Gasteiger partial charge < -0.3 is 19.3 Å². The van der Waals surface area contributed by atoms with Gasteiger partial charge in [-0.3, -0.25) is 4.79 Å². The maximum atomic E-state index is 12.8. The highest BCUT2D eigenvalue weighted by Gasteiger charge is 2.24. The third-order valence-corrected chi connectivity index (χ3v) is 6.33. The molecule has 2 aromatic carbocycles. The third kappa shape index (κ3) is 4.93. The number of fused-ring (bicyclic) bond motifs is 1. The molecule has 0 aliphatic carbocycles. The van der Waals surface area contributed by atoms with Crippen LogP contribution >= 0.6 is 0 Å². The van der Waals surface area contributed by atoms with Gasteiger partial charge in [-0.15, -0.1) is 5.10 Å². The van der Waals surface area contributed by atoms with Gasteiger partial charge >= 0.3 is 0 Å². The number of hydrogen-bond donors (Lipinski definition) is 0. The number of carbonyl (C=O) groups excluding carboxylic acids is 1. The summed E-state index contributed by atoms with van der Waals surface area (Å²) in [5.41, 5.74) is 3.26. The Bertz CT molecular complexity index is 1310. The van der Waals surface area contributed by atoms with Crippen LogP contribution in [0.15, 0.2) is 54.9 Å². The summed E-state index contributed by atoms with van der Waals surface area (Å²) < 4.78 is 12.4. The number of amides is 1. The van der Waals surface area contributed by atoms with E-state index >= 15 is 0 Å². The molecule has 0 bridgehead atoms. The quantitative estimate of drug-likeness (QED) is 0.374. The zero-order valence-corrected chi connectivity index (χ0v) is 20.5. The molecule has 4 aromatic rings. The second-order valence-corrected chi connectivity index (χ2v) is 8.51. The first-order valence-corrected chi connectivity index (χ1v) is 12.1. The fourth-order valence-corrected chi connectivity index (χ4v) is 4.36. The molecule has 2 aromatic heterocycles. The molecule has 5 rings (SSSR count). The molecule has 0 unspecified atom stereocenters. The van der Waals surface area contributed by atoms with Crippen LogP contribution in [0.5, 0.6) is 11.5 Å². The van der Waals surface area contributed by atoms with E-state index in [1.54, 1.807) is 18.1 Å². The van der Waals surface area contributed by atoms with Crippen LogP contribution in [-0.2, 0) is 11.2 Å². The van der Waals surface area contributed by atoms with Crippen LogP contribution in [0.2, 0.25) is 0 Å². The number of benzene rings is 2. The first-order chi connectivity index (χ1) is 17.7. The van der Waals surface area contributed by atoms with Gasteiger partial charge in [0.1, 0.15) is 17.8 Å². The Kier molecular flexibility index (Phi) is 6.92. The second kappa shape index (κ2) is 10.6. The van der Waals surface area contributed by atoms with E-state index in [1.807, 2.05) is 60.4 Å². The van der Waals surface area contributed by atoms with Gasteiger partial charge in [0.2, 0.25) is 5.91 Å². The van der Waals surface area contributed by atoms with E-state index in [1.165, 1.54) is 0 Å². The van der Waals surface area contributed by atoms with Crippen LogP contribution < -0.4 is 14.4 Å². The van der Waals surface area contributed by atoms with Gasteiger partial charge in [-0.05, 0) is 55.3 Å². The van der Waals surface area contributed by atoms with Crippen molar-refractivity contribution in [1.29, 1.82) is 0 Å². The molecule has 1 aliphatic rings. The van der Waals surface area contributed by atoms with E-state index in [9.17, 15) is 4.79 Å². The lowest BCUT2D eigenvalue weighted by Crippen LogP contribution is -2.49. The standard InChI is InChI=1S/C26H29N7O3/c1-3-36-22-11-7-20(8-12-22)33-26-24(29-30-33)25(27-18-28-26)32-16-14-31(15-17-32)23(34)13-6-19-4-9-21(35-2)10-5-19/h4-5,7-12,18H,3,6,13-17H2,1-2H3. The van der Waals surface area contributed by atoms with Gasteiger partial charge in [0.15, 0.2) is 17.0 Å². The SMILES string of the molecule is CCOc1ccc(-n2nnc3c(N4CCN(C(=O)CCc5ccc(OC)cc5)CC4)ncnc32)cc1. The average Bonchev–Trinajstić information content (AvgIpc) is 3.37. The summed E-state index contributed by atoms with van der Waals surface area (Å²) in [5.74, 6) is 2.53. The highest BCUT2D eigenvalue weighted by molar-refractivity contribution is 5.84. The minimum atomic E-state index is 0.166. The normalized spacial score (nSPS) is 13.7. The number of hydrogen-bond acceptors (Lipinski definition) is 8. The number of aromatic nitrogens is 5. The maximum absolute atomic E-state index is 12.8. The molecule has 3 heterocycles. The van der Waals surface area contributed by atoms with Crippen molar-refractivity contribution in [3.63, 3.8) is 0 Å². The number of anilines is 1. The number of aryl methyl sites for hydroxylation is 1. The third-order valence-electron chi connectivity index (χ3n) is 6.33. The van der Waals surface area contributed by atoms with Gasteiger partial charge in [-0.1, -0.05) is 17.3 Å². The van der Waals surface area contributed by atoms with Crippen molar-refractivity contribution >= 4 is 22.9 Å². The smallest absolute Gasteiger partial charge is 0.223 e. The minimum Gasteiger partial charge on any atom is -0.497 e. The van der Waals surface area contributed by atoms with Crippen molar-refractivity contribution in [2.75, 3.05) is 44.8 Å². The lowest BCUT2D eigenvalue weighted by molar-refractivity contribution is -0.131. The van der Waals surface area contributed by atoms with Crippen molar-refractivity contribution in [1.82, 2.24) is 29.9 Å². The van der Waals surface area contributed by atoms with Crippen LogP contribution in [-0.4, -0.2) is 75.7 Å². The van der Waals surface area contributed by atoms with E-state index in [2.05, 4.69) is 25.2 Å². The van der Waals surface area contributed by atoms with Gasteiger partial charge in [0, 0.05) is 32.6 Å². The minimum absolute atomic E-state index is 0.166. The molecule has 1 saturated heterocycles. The Morgan fingerprint density at radius 3 is 2.36 bits per heavy atom. The maximum Gasteiger partial charge on any atom is 0.223 e. The largest absolute Gasteiger partial charge is 0.497 e. The Morgan fingerprint density at radius 1 is 0.944 bits per heavy atom. The Hall–Kier alpha value is -4.21. The summed E-state index contributed by atoms with van der Waals surface area (Å²) in [4.78, 5) is 25.8. The molecule has 0 spiro atoms. The van der Waals surface area contributed by atoms with E-state index in [-0.39, 0.29) is 5.91 Å². The van der Waals surface area contributed by atoms with Gasteiger partial charge in [0.05, 0.1) is 19.4 Å². The summed E-state index contributed by atoms with van der Waals surface area (Å²) in [6.45, 7) is 5.20. The Labute approximate surface area is 209 Å². The molecule has 0 radical (unpaired) electrons. The lowest BCUT2D eigenvalue weighted by atomic mass is 10.1. The summed E-state index contributed by atoms with van der Waals surface area (Å²) in [7, 11) is 1.65. The monoisotopic (exact) mass is 487 g/mol. The van der Waals surface area contributed by atoms with Gasteiger partial charge in [-0.2, -0.15) is 4.68 Å². The Morgan fingerprint density at radius 2 is 1.67 bits per heavy atom. The number of rotatable bonds is 8. The molecule has 10 heteroatoms. The average molecular weight is 488 g/mol. The zero-order chi connectivity index (χ0) is 24.9. The number of nitrogens with zero attached hydrogens (tertiary/aromatic N) is 7. The fourth-order valence-electron chi connectivity index (χ4n) is 4.36. The molecule has 0 saturated carbocycles. The predicted octanol–water partition coefficient (Wildman–Crippen LogP) is 2.90. The van der Waals surface area contributed by atoms with Crippen molar-refractivity contribution in [2.45, 2.75) is 19.8 Å². The topological polar surface area (TPSA) is 98.5 Å². The molecule has 36 heavy (non-hydrogen) atoms. The number of methoxy groups -OCH3 is 1. The summed E-state index contributed by atoms with van der Waals surface area (Å²) in [6.07, 6.45) is 2.74. The van der Waals surface area contributed by atoms with Gasteiger partial charge in [-0.25, -0.2) is 9.97 Å². The van der Waals surface area contributed by atoms with Crippen LogP contribution in [0.25, 0.3) is 16.9 Å². The molecule has 0 N–H and O–H groups in total. The predicted molar refractivity (Wildman–Crippen MR) is 136 cm³/mol. The number of ether oxygens (including phenoxy) is 2. The number of piperazine rings is 1. The lowest BCUT2D eigenvalue weighted by Gasteiger charge is -2.35. The van der Waals surface area contributed by atoms with E-state index < -0.39 is 0 Å².